The van der Waals surface area contributed by atoms with Gasteiger partial charge in [0.1, 0.15) is 31.3 Å². The SMILES string of the molecule is CCC(C)(C)NC(=O)[C@H](c1ccccc1)N(C(=O)Cn1nnc2ccccc21)c1ccc2c(c1)OCCO2. The highest BCUT2D eigenvalue weighted by Gasteiger charge is 2.36. The topological polar surface area (TPSA) is 98.6 Å². The number of para-hydroxylation sites is 1. The third kappa shape index (κ3) is 5.18. The maximum atomic E-state index is 14.2. The van der Waals surface area contributed by atoms with Crippen molar-refractivity contribution in [2.45, 2.75) is 45.3 Å². The van der Waals surface area contributed by atoms with Crippen LogP contribution < -0.4 is 19.7 Å². The average Bonchev–Trinajstić information content (AvgIpc) is 3.34. The molecule has 0 radical (unpaired) electrons. The molecule has 9 nitrogen and oxygen atoms in total. The zero-order chi connectivity index (χ0) is 26.7. The molecule has 1 atom stereocenters. The Labute approximate surface area is 221 Å². The van der Waals surface area contributed by atoms with Crippen molar-refractivity contribution >= 4 is 28.5 Å². The summed E-state index contributed by atoms with van der Waals surface area (Å²) in [5.74, 6) is 0.520. The fraction of sp³-hybridized carbons (Fsp3) is 0.310. The third-order valence-electron chi connectivity index (χ3n) is 6.75. The molecule has 1 aliphatic heterocycles. The van der Waals surface area contributed by atoms with Gasteiger partial charge in [-0.2, -0.15) is 0 Å². The molecule has 0 bridgehead atoms. The molecule has 1 aromatic heterocycles. The molecule has 1 N–H and O–H groups in total. The van der Waals surface area contributed by atoms with Crippen LogP contribution >= 0.6 is 0 Å². The first-order valence-electron chi connectivity index (χ1n) is 12.7. The summed E-state index contributed by atoms with van der Waals surface area (Å²) >= 11 is 0. The summed E-state index contributed by atoms with van der Waals surface area (Å²) in [6, 6.07) is 21.1. The molecule has 3 aromatic carbocycles. The second kappa shape index (κ2) is 10.5. The van der Waals surface area contributed by atoms with Crippen LogP contribution in [0.25, 0.3) is 11.0 Å². The van der Waals surface area contributed by atoms with Crippen molar-refractivity contribution in [3.05, 3.63) is 78.4 Å². The summed E-state index contributed by atoms with van der Waals surface area (Å²) in [6.45, 7) is 6.69. The number of aromatic nitrogens is 3. The highest BCUT2D eigenvalue weighted by atomic mass is 16.6. The maximum Gasteiger partial charge on any atom is 0.249 e. The summed E-state index contributed by atoms with van der Waals surface area (Å²) in [6.07, 6.45) is 0.725. The summed E-state index contributed by atoms with van der Waals surface area (Å²) in [5.41, 5.74) is 2.16. The Hall–Kier alpha value is -4.40. The fourth-order valence-corrected chi connectivity index (χ4v) is 4.40. The molecule has 0 spiro atoms. The van der Waals surface area contributed by atoms with Gasteiger partial charge in [0, 0.05) is 17.3 Å². The van der Waals surface area contributed by atoms with Crippen LogP contribution in [0.4, 0.5) is 5.69 Å². The van der Waals surface area contributed by atoms with E-state index in [2.05, 4.69) is 15.6 Å². The van der Waals surface area contributed by atoms with E-state index in [0.29, 0.717) is 41.5 Å². The number of carbonyl (C=O) groups excluding carboxylic acids is 2. The van der Waals surface area contributed by atoms with Gasteiger partial charge in [0.2, 0.25) is 11.8 Å². The quantitative estimate of drug-likeness (QED) is 0.378. The zero-order valence-electron chi connectivity index (χ0n) is 21.8. The van der Waals surface area contributed by atoms with Crippen molar-refractivity contribution in [3.63, 3.8) is 0 Å². The molecule has 2 heterocycles. The number of anilines is 1. The Balaban J connectivity index is 1.61. The maximum absolute atomic E-state index is 14.2. The van der Waals surface area contributed by atoms with Crippen molar-refractivity contribution < 1.29 is 19.1 Å². The Morgan fingerprint density at radius 2 is 1.71 bits per heavy atom. The van der Waals surface area contributed by atoms with Gasteiger partial charge < -0.3 is 14.8 Å². The van der Waals surface area contributed by atoms with Crippen LogP contribution in [-0.4, -0.2) is 45.6 Å². The molecular weight excluding hydrogens is 482 g/mol. The number of rotatable bonds is 8. The lowest BCUT2D eigenvalue weighted by Gasteiger charge is -2.35. The minimum atomic E-state index is -0.938. The molecule has 9 heteroatoms. The fourth-order valence-electron chi connectivity index (χ4n) is 4.40. The molecule has 0 saturated carbocycles. The number of fused-ring (bicyclic) bond motifs is 2. The van der Waals surface area contributed by atoms with Crippen molar-refractivity contribution in [2.75, 3.05) is 18.1 Å². The molecular formula is C29H31N5O4. The number of benzene rings is 3. The molecule has 5 rings (SSSR count). The van der Waals surface area contributed by atoms with E-state index in [1.807, 2.05) is 75.4 Å². The number of amides is 2. The van der Waals surface area contributed by atoms with E-state index in [0.717, 1.165) is 11.9 Å². The normalized spacial score (nSPS) is 13.7. The van der Waals surface area contributed by atoms with Crippen LogP contribution in [0.5, 0.6) is 11.5 Å². The van der Waals surface area contributed by atoms with Crippen LogP contribution in [0.3, 0.4) is 0 Å². The molecule has 0 fully saturated rings. The summed E-state index contributed by atoms with van der Waals surface area (Å²) in [4.78, 5) is 29.6. The van der Waals surface area contributed by atoms with Crippen molar-refractivity contribution in [2.24, 2.45) is 0 Å². The highest BCUT2D eigenvalue weighted by molar-refractivity contribution is 6.02. The molecule has 38 heavy (non-hydrogen) atoms. The highest BCUT2D eigenvalue weighted by Crippen LogP contribution is 2.37. The third-order valence-corrected chi connectivity index (χ3v) is 6.75. The lowest BCUT2D eigenvalue weighted by atomic mass is 9.98. The molecule has 0 unspecified atom stereocenters. The van der Waals surface area contributed by atoms with Gasteiger partial charge in [-0.1, -0.05) is 54.6 Å². The lowest BCUT2D eigenvalue weighted by molar-refractivity contribution is -0.128. The monoisotopic (exact) mass is 513 g/mol. The number of nitrogens with zero attached hydrogens (tertiary/aromatic N) is 4. The molecule has 1 aliphatic rings. The van der Waals surface area contributed by atoms with E-state index < -0.39 is 11.6 Å². The van der Waals surface area contributed by atoms with Crippen LogP contribution in [0.15, 0.2) is 72.8 Å². The van der Waals surface area contributed by atoms with Gasteiger partial charge in [-0.05, 0) is 50.1 Å². The van der Waals surface area contributed by atoms with Gasteiger partial charge in [-0.15, -0.1) is 5.10 Å². The van der Waals surface area contributed by atoms with Crippen molar-refractivity contribution in [1.29, 1.82) is 0 Å². The number of carbonyl (C=O) groups is 2. The van der Waals surface area contributed by atoms with Gasteiger partial charge in [0.25, 0.3) is 0 Å². The van der Waals surface area contributed by atoms with E-state index in [9.17, 15) is 9.59 Å². The Kier molecular flexibility index (Phi) is 7.00. The Bertz CT molecular complexity index is 1450. The van der Waals surface area contributed by atoms with Crippen molar-refractivity contribution in [3.8, 4) is 11.5 Å². The van der Waals surface area contributed by atoms with E-state index in [1.165, 1.54) is 4.90 Å². The van der Waals surface area contributed by atoms with Crippen LogP contribution in [0.1, 0.15) is 38.8 Å². The second-order valence-corrected chi connectivity index (χ2v) is 9.87. The van der Waals surface area contributed by atoms with Crippen LogP contribution in [-0.2, 0) is 16.1 Å². The standard InChI is InChI=1S/C29H31N5O4/c1-4-29(2,3)30-28(36)27(20-10-6-5-7-11-20)34(21-14-15-24-25(18-21)38-17-16-37-24)26(35)19-33-23-13-9-8-12-22(23)31-32-33/h5-15,18,27H,4,16-17,19H2,1-3H3,(H,30,36)/t27-/m0/s1. The first-order chi connectivity index (χ1) is 18.4. The van der Waals surface area contributed by atoms with Gasteiger partial charge in [-0.3, -0.25) is 14.5 Å². The number of hydrogen-bond acceptors (Lipinski definition) is 6. The van der Waals surface area contributed by atoms with Crippen LogP contribution in [0, 0.1) is 0 Å². The van der Waals surface area contributed by atoms with Gasteiger partial charge >= 0.3 is 0 Å². The Morgan fingerprint density at radius 1 is 1.00 bits per heavy atom. The molecule has 0 aliphatic carbocycles. The van der Waals surface area contributed by atoms with E-state index in [-0.39, 0.29) is 18.4 Å². The molecule has 4 aromatic rings. The van der Waals surface area contributed by atoms with E-state index >= 15 is 0 Å². The largest absolute Gasteiger partial charge is 0.486 e. The van der Waals surface area contributed by atoms with Gasteiger partial charge in [-0.25, -0.2) is 4.68 Å². The Morgan fingerprint density at radius 3 is 2.47 bits per heavy atom. The van der Waals surface area contributed by atoms with Crippen LogP contribution in [0.2, 0.25) is 0 Å². The summed E-state index contributed by atoms with van der Waals surface area (Å²) < 4.78 is 13.1. The first kappa shape index (κ1) is 25.3. The zero-order valence-corrected chi connectivity index (χ0v) is 21.8. The second-order valence-electron chi connectivity index (χ2n) is 9.87. The van der Waals surface area contributed by atoms with E-state index in [1.54, 1.807) is 22.9 Å². The summed E-state index contributed by atoms with van der Waals surface area (Å²) in [5, 5.41) is 11.5. The van der Waals surface area contributed by atoms with Crippen molar-refractivity contribution in [1.82, 2.24) is 20.3 Å². The minimum absolute atomic E-state index is 0.108. The van der Waals surface area contributed by atoms with Gasteiger partial charge in [0.15, 0.2) is 11.5 Å². The minimum Gasteiger partial charge on any atom is -0.486 e. The lowest BCUT2D eigenvalue weighted by Crippen LogP contribution is -2.51. The number of ether oxygens (including phenoxy) is 2. The average molecular weight is 514 g/mol. The first-order valence-corrected chi connectivity index (χ1v) is 12.7. The predicted molar refractivity (Wildman–Crippen MR) is 144 cm³/mol. The molecule has 2 amide bonds. The summed E-state index contributed by atoms with van der Waals surface area (Å²) in [7, 11) is 0. The predicted octanol–water partition coefficient (Wildman–Crippen LogP) is 4.28. The van der Waals surface area contributed by atoms with Gasteiger partial charge in [0.05, 0.1) is 5.52 Å². The number of hydrogen-bond donors (Lipinski definition) is 1. The number of nitrogens with one attached hydrogen (secondary N) is 1. The molecule has 0 saturated heterocycles. The molecule has 196 valence electrons. The smallest absolute Gasteiger partial charge is 0.249 e. The van der Waals surface area contributed by atoms with E-state index in [4.69, 9.17) is 9.47 Å².